The van der Waals surface area contributed by atoms with Gasteiger partial charge in [-0.2, -0.15) is 0 Å². The Morgan fingerprint density at radius 2 is 1.12 bits per heavy atom. The normalized spacial score (nSPS) is 20.7. The van der Waals surface area contributed by atoms with E-state index in [-0.39, 0.29) is 13.2 Å². The molecule has 172 valence electrons. The fourth-order valence-electron chi connectivity index (χ4n) is 4.49. The van der Waals surface area contributed by atoms with Gasteiger partial charge in [0.05, 0.1) is 13.2 Å². The van der Waals surface area contributed by atoms with Crippen molar-refractivity contribution in [1.82, 2.24) is 0 Å². The molecule has 34 heavy (non-hydrogen) atoms. The maximum atomic E-state index is 10.7. The van der Waals surface area contributed by atoms with Gasteiger partial charge >= 0.3 is 0 Å². The van der Waals surface area contributed by atoms with E-state index in [1.54, 1.807) is 0 Å². The van der Waals surface area contributed by atoms with E-state index in [4.69, 9.17) is 14.2 Å². The molecule has 0 aromatic heterocycles. The van der Waals surface area contributed by atoms with Gasteiger partial charge in [-0.25, -0.2) is 0 Å². The smallest absolute Gasteiger partial charge is 0.184 e. The van der Waals surface area contributed by atoms with Crippen LogP contribution in [-0.4, -0.2) is 30.5 Å². The molecule has 1 heterocycles. The van der Waals surface area contributed by atoms with Crippen molar-refractivity contribution in [1.29, 1.82) is 0 Å². The summed E-state index contributed by atoms with van der Waals surface area (Å²) in [5, 5.41) is 10.7. The molecule has 1 aliphatic heterocycles. The van der Waals surface area contributed by atoms with Crippen LogP contribution in [0.15, 0.2) is 121 Å². The molecule has 1 N–H and O–H groups in total. The number of aliphatic hydroxyl groups excluding tert-OH is 1. The number of rotatable bonds is 7. The minimum absolute atomic E-state index is 0.183. The van der Waals surface area contributed by atoms with Crippen LogP contribution in [0.2, 0.25) is 0 Å². The minimum Gasteiger partial charge on any atom is -0.388 e. The Bertz CT molecular complexity index is 1050. The van der Waals surface area contributed by atoms with E-state index in [1.807, 2.05) is 84.9 Å². The highest BCUT2D eigenvalue weighted by molar-refractivity contribution is 5.47. The number of hydrogen-bond donors (Lipinski definition) is 1. The van der Waals surface area contributed by atoms with Crippen molar-refractivity contribution < 1.29 is 19.3 Å². The highest BCUT2D eigenvalue weighted by Gasteiger charge is 2.40. The summed E-state index contributed by atoms with van der Waals surface area (Å²) in [5.41, 5.74) is 3.07. The zero-order chi connectivity index (χ0) is 23.2. The van der Waals surface area contributed by atoms with Crippen LogP contribution in [-0.2, 0) is 19.8 Å². The molecule has 5 rings (SSSR count). The third-order valence-corrected chi connectivity index (χ3v) is 6.22. The number of aliphatic hydroxyl groups is 1. The van der Waals surface area contributed by atoms with Crippen molar-refractivity contribution in [3.63, 3.8) is 0 Å². The number of hydrogen-bond acceptors (Lipinski definition) is 4. The first-order chi connectivity index (χ1) is 16.8. The van der Waals surface area contributed by atoms with Crippen LogP contribution in [0.5, 0.6) is 0 Å². The van der Waals surface area contributed by atoms with Gasteiger partial charge in [0.1, 0.15) is 17.8 Å². The van der Waals surface area contributed by atoms with Gasteiger partial charge in [-0.15, -0.1) is 0 Å². The van der Waals surface area contributed by atoms with Gasteiger partial charge in [-0.05, 0) is 16.7 Å². The molecule has 4 aromatic rings. The molecule has 4 aromatic carbocycles. The molecule has 3 atom stereocenters. The predicted molar refractivity (Wildman–Crippen MR) is 131 cm³/mol. The Labute approximate surface area is 200 Å². The Kier molecular flexibility index (Phi) is 6.84. The average molecular weight is 453 g/mol. The topological polar surface area (TPSA) is 47.9 Å². The van der Waals surface area contributed by atoms with E-state index in [9.17, 15) is 5.11 Å². The van der Waals surface area contributed by atoms with Gasteiger partial charge in [0.2, 0.25) is 0 Å². The van der Waals surface area contributed by atoms with Crippen molar-refractivity contribution in [3.8, 4) is 0 Å². The van der Waals surface area contributed by atoms with Crippen LogP contribution in [0.4, 0.5) is 0 Å². The second kappa shape index (κ2) is 10.3. The fraction of sp³-hybridized carbons (Fsp3) is 0.200. The van der Waals surface area contributed by atoms with Crippen molar-refractivity contribution in [2.75, 3.05) is 13.2 Å². The first-order valence-corrected chi connectivity index (χ1v) is 11.6. The van der Waals surface area contributed by atoms with E-state index in [0.29, 0.717) is 0 Å². The number of ether oxygens (including phenoxy) is 3. The zero-order valence-electron chi connectivity index (χ0n) is 18.9. The van der Waals surface area contributed by atoms with Crippen molar-refractivity contribution >= 4 is 0 Å². The molecule has 4 heteroatoms. The molecule has 0 aliphatic carbocycles. The van der Waals surface area contributed by atoms with Crippen LogP contribution in [0.25, 0.3) is 0 Å². The van der Waals surface area contributed by atoms with Gasteiger partial charge in [-0.3, -0.25) is 0 Å². The summed E-state index contributed by atoms with van der Waals surface area (Å²) < 4.78 is 18.8. The first kappa shape index (κ1) is 22.5. The Morgan fingerprint density at radius 3 is 1.59 bits per heavy atom. The molecular weight excluding hydrogens is 424 g/mol. The Hall–Kier alpha value is -3.28. The predicted octanol–water partition coefficient (Wildman–Crippen LogP) is 5.47. The van der Waals surface area contributed by atoms with E-state index in [1.165, 1.54) is 0 Å². The molecule has 4 nitrogen and oxygen atoms in total. The summed E-state index contributed by atoms with van der Waals surface area (Å²) in [7, 11) is 0. The zero-order valence-corrected chi connectivity index (χ0v) is 18.9. The van der Waals surface area contributed by atoms with Crippen molar-refractivity contribution in [2.24, 2.45) is 0 Å². The molecule has 0 spiro atoms. The SMILES string of the molecule is O[C@@H]1CO[C@H](c2ccccc2)O[C@@H]1COC(c1ccccc1)(c1ccccc1)c1ccccc1. The highest BCUT2D eigenvalue weighted by Crippen LogP contribution is 2.41. The maximum absolute atomic E-state index is 10.7. The first-order valence-electron chi connectivity index (χ1n) is 11.6. The second-order valence-corrected chi connectivity index (χ2v) is 8.41. The van der Waals surface area contributed by atoms with Gasteiger partial charge in [-0.1, -0.05) is 121 Å². The largest absolute Gasteiger partial charge is 0.388 e. The summed E-state index contributed by atoms with van der Waals surface area (Å²) >= 11 is 0. The monoisotopic (exact) mass is 452 g/mol. The number of benzene rings is 4. The molecule has 0 unspecified atom stereocenters. The quantitative estimate of drug-likeness (QED) is 0.378. The molecule has 1 aliphatic rings. The van der Waals surface area contributed by atoms with E-state index in [2.05, 4.69) is 36.4 Å². The molecule has 0 bridgehead atoms. The third-order valence-electron chi connectivity index (χ3n) is 6.22. The lowest BCUT2D eigenvalue weighted by Crippen LogP contribution is -2.45. The summed E-state index contributed by atoms with van der Waals surface area (Å²) in [6.45, 7) is 0.370. The molecule has 0 radical (unpaired) electrons. The second-order valence-electron chi connectivity index (χ2n) is 8.41. The Morgan fingerprint density at radius 1 is 0.676 bits per heavy atom. The molecular formula is C30H28O4. The van der Waals surface area contributed by atoms with Crippen molar-refractivity contribution in [3.05, 3.63) is 144 Å². The Balaban J connectivity index is 1.51. The summed E-state index contributed by atoms with van der Waals surface area (Å²) in [6, 6.07) is 40.3. The van der Waals surface area contributed by atoms with Crippen LogP contribution >= 0.6 is 0 Å². The summed E-state index contributed by atoms with van der Waals surface area (Å²) in [5.74, 6) is 0. The molecule has 0 saturated carbocycles. The van der Waals surface area contributed by atoms with Gasteiger partial charge < -0.3 is 19.3 Å². The van der Waals surface area contributed by atoms with E-state index >= 15 is 0 Å². The van der Waals surface area contributed by atoms with Crippen molar-refractivity contribution in [2.45, 2.75) is 24.1 Å². The van der Waals surface area contributed by atoms with Gasteiger partial charge in [0.25, 0.3) is 0 Å². The van der Waals surface area contributed by atoms with Gasteiger partial charge in [0.15, 0.2) is 6.29 Å². The van der Waals surface area contributed by atoms with E-state index in [0.717, 1.165) is 22.3 Å². The highest BCUT2D eigenvalue weighted by atomic mass is 16.7. The molecule has 1 saturated heterocycles. The third kappa shape index (κ3) is 4.54. The van der Waals surface area contributed by atoms with Crippen LogP contribution in [0.3, 0.4) is 0 Å². The van der Waals surface area contributed by atoms with Crippen LogP contribution in [0.1, 0.15) is 28.5 Å². The van der Waals surface area contributed by atoms with Gasteiger partial charge in [0, 0.05) is 5.56 Å². The summed E-state index contributed by atoms with van der Waals surface area (Å²) in [6.07, 6.45) is -1.88. The fourth-order valence-corrected chi connectivity index (χ4v) is 4.49. The summed E-state index contributed by atoms with van der Waals surface area (Å²) in [4.78, 5) is 0. The molecule has 0 amide bonds. The maximum Gasteiger partial charge on any atom is 0.184 e. The lowest BCUT2D eigenvalue weighted by molar-refractivity contribution is -0.270. The van der Waals surface area contributed by atoms with Crippen LogP contribution in [0, 0.1) is 0 Å². The lowest BCUT2D eigenvalue weighted by Gasteiger charge is -2.39. The average Bonchev–Trinajstić information content (AvgIpc) is 2.92. The van der Waals surface area contributed by atoms with Crippen LogP contribution < -0.4 is 0 Å². The van der Waals surface area contributed by atoms with E-state index < -0.39 is 24.1 Å². The standard InChI is InChI=1S/C30H28O4/c31-27-21-32-29(23-13-5-1-6-14-23)34-28(27)22-33-30(24-15-7-2-8-16-24,25-17-9-3-10-18-25)26-19-11-4-12-20-26/h1-20,27-29,31H,21-22H2/t27-,28-,29+/m1/s1. The minimum atomic E-state index is -0.868. The lowest BCUT2D eigenvalue weighted by atomic mass is 9.80. The molecule has 1 fully saturated rings.